The zero-order valence-corrected chi connectivity index (χ0v) is 23.6. The third kappa shape index (κ3) is 4.45. The van der Waals surface area contributed by atoms with Gasteiger partial charge < -0.3 is 24.1 Å². The highest BCUT2D eigenvalue weighted by atomic mass is 16.8. The quantitative estimate of drug-likeness (QED) is 0.243. The van der Waals surface area contributed by atoms with Crippen LogP contribution in [0.2, 0.25) is 0 Å². The number of aliphatic hydroxyl groups excluding tert-OH is 1. The van der Waals surface area contributed by atoms with Crippen molar-refractivity contribution in [1.82, 2.24) is 0 Å². The third-order valence-corrected chi connectivity index (χ3v) is 9.46. The summed E-state index contributed by atoms with van der Waals surface area (Å²) in [5.74, 6) is -2.95. The molecule has 0 aromatic rings. The fourth-order valence-electron chi connectivity index (χ4n) is 7.02. The van der Waals surface area contributed by atoms with E-state index >= 15 is 0 Å². The van der Waals surface area contributed by atoms with E-state index in [1.165, 1.54) is 6.08 Å². The second-order valence-electron chi connectivity index (χ2n) is 12.0. The smallest absolute Gasteiger partial charge is 0.333 e. The molecule has 8 nitrogen and oxygen atoms in total. The van der Waals surface area contributed by atoms with Crippen molar-refractivity contribution in [1.29, 1.82) is 0 Å². The van der Waals surface area contributed by atoms with Gasteiger partial charge >= 0.3 is 17.9 Å². The Hall–Kier alpha value is -2.71. The minimum atomic E-state index is -1.34. The predicted molar refractivity (Wildman–Crippen MR) is 139 cm³/mol. The largest absolute Gasteiger partial charge is 0.455 e. The Morgan fingerprint density at radius 2 is 1.66 bits per heavy atom. The summed E-state index contributed by atoms with van der Waals surface area (Å²) in [4.78, 5) is 38.1. The molecule has 0 bridgehead atoms. The summed E-state index contributed by atoms with van der Waals surface area (Å²) in [6, 6.07) is 0. The van der Waals surface area contributed by atoms with Crippen molar-refractivity contribution in [3.8, 4) is 0 Å². The average Bonchev–Trinajstić information content (AvgIpc) is 3.11. The van der Waals surface area contributed by atoms with E-state index in [0.29, 0.717) is 36.0 Å². The number of allylic oxidation sites excluding steroid dienone is 3. The van der Waals surface area contributed by atoms with Crippen LogP contribution in [-0.2, 0) is 33.3 Å². The number of carbonyl (C=O) groups is 3. The van der Waals surface area contributed by atoms with Gasteiger partial charge in [0.25, 0.3) is 0 Å². The lowest BCUT2D eigenvalue weighted by molar-refractivity contribution is -0.290. The molecule has 0 amide bonds. The van der Waals surface area contributed by atoms with Crippen molar-refractivity contribution in [2.24, 2.45) is 22.7 Å². The summed E-state index contributed by atoms with van der Waals surface area (Å²) in [6.07, 6.45) is 5.53. The van der Waals surface area contributed by atoms with Gasteiger partial charge in [0.2, 0.25) is 5.79 Å². The number of hydrogen-bond donors (Lipinski definition) is 1. The monoisotopic (exact) mass is 528 g/mol. The van der Waals surface area contributed by atoms with Crippen LogP contribution in [0, 0.1) is 22.7 Å². The number of ether oxygens (including phenoxy) is 4. The minimum absolute atomic E-state index is 0.00830. The molecule has 2 aliphatic carbocycles. The molecule has 1 N–H and O–H groups in total. The fraction of sp³-hybridized carbons (Fsp3) is 0.633. The van der Waals surface area contributed by atoms with Crippen molar-refractivity contribution in [2.75, 3.05) is 0 Å². The van der Waals surface area contributed by atoms with Gasteiger partial charge in [-0.05, 0) is 70.3 Å². The first-order valence-electron chi connectivity index (χ1n) is 13.4. The normalized spacial score (nSPS) is 38.4. The van der Waals surface area contributed by atoms with Crippen LogP contribution in [0.4, 0.5) is 0 Å². The standard InChI is InChI=1S/C30H40O8/c1-9-16(3)25(32)35-21-15-29(8)20-14-30(18(5)13-23(31)37-30)38-27(34)19(20)11-12-22(29)28(6,7)24(21)36-26(33)17(4)10-2/h9-11,13,20-22,24,27,34H,12,14-15H2,1-8H3/b16-9-,17-10-/t20-,21+,22-,24+,27+,29+,30-/m0/s1. The number of fused-ring (bicyclic) bond motifs is 3. The number of hydrogen-bond acceptors (Lipinski definition) is 8. The van der Waals surface area contributed by atoms with Gasteiger partial charge in [-0.15, -0.1) is 0 Å². The molecule has 4 aliphatic rings. The van der Waals surface area contributed by atoms with E-state index in [2.05, 4.69) is 6.92 Å². The highest BCUT2D eigenvalue weighted by Gasteiger charge is 2.65. The van der Waals surface area contributed by atoms with Crippen LogP contribution in [0.15, 0.2) is 46.6 Å². The molecule has 2 aliphatic heterocycles. The fourth-order valence-corrected chi connectivity index (χ4v) is 7.02. The molecular weight excluding hydrogens is 488 g/mol. The van der Waals surface area contributed by atoms with E-state index in [9.17, 15) is 19.5 Å². The lowest BCUT2D eigenvalue weighted by atomic mass is 9.46. The molecule has 0 aromatic carbocycles. The first-order valence-corrected chi connectivity index (χ1v) is 13.4. The van der Waals surface area contributed by atoms with E-state index in [4.69, 9.17) is 18.9 Å². The van der Waals surface area contributed by atoms with E-state index in [0.717, 1.165) is 5.57 Å². The second-order valence-corrected chi connectivity index (χ2v) is 12.0. The first kappa shape index (κ1) is 28.3. The summed E-state index contributed by atoms with van der Waals surface area (Å²) in [5.41, 5.74) is 1.22. The molecule has 8 heteroatoms. The first-order chi connectivity index (χ1) is 17.7. The molecule has 0 unspecified atom stereocenters. The van der Waals surface area contributed by atoms with Crippen molar-refractivity contribution in [2.45, 2.75) is 98.9 Å². The van der Waals surface area contributed by atoms with Gasteiger partial charge in [0.15, 0.2) is 6.29 Å². The Balaban J connectivity index is 1.78. The zero-order chi connectivity index (χ0) is 28.2. The molecular formula is C30H40O8. The van der Waals surface area contributed by atoms with Crippen molar-refractivity contribution >= 4 is 17.9 Å². The molecule has 7 atom stereocenters. The SMILES string of the molecule is C/C=C(/C)C(=O)O[C@@H]1[C@H](OC(=O)/C(C)=C\C)C[C@]2(C)[C@H]3C[C@]4(OC(=O)C=C4C)O[C@@H](O)C3=CC[C@H]2C1(C)C. The summed E-state index contributed by atoms with van der Waals surface area (Å²) < 4.78 is 23.7. The molecule has 0 aromatic heterocycles. The Kier molecular flexibility index (Phi) is 7.29. The zero-order valence-electron chi connectivity index (χ0n) is 23.6. The summed E-state index contributed by atoms with van der Waals surface area (Å²) in [6.45, 7) is 14.9. The molecule has 2 heterocycles. The van der Waals surface area contributed by atoms with Crippen LogP contribution in [0.25, 0.3) is 0 Å². The Labute approximate surface area is 224 Å². The van der Waals surface area contributed by atoms with Gasteiger partial charge in [0.05, 0.1) is 0 Å². The second kappa shape index (κ2) is 9.79. The van der Waals surface area contributed by atoms with E-state index < -0.39 is 53.0 Å². The number of rotatable bonds is 4. The number of aliphatic hydroxyl groups is 1. The summed E-state index contributed by atoms with van der Waals surface area (Å²) >= 11 is 0. The van der Waals surface area contributed by atoms with E-state index in [1.807, 2.05) is 19.9 Å². The van der Waals surface area contributed by atoms with Gasteiger partial charge in [0, 0.05) is 34.6 Å². The molecule has 208 valence electrons. The molecule has 4 rings (SSSR count). The third-order valence-electron chi connectivity index (χ3n) is 9.46. The minimum Gasteiger partial charge on any atom is -0.455 e. The van der Waals surface area contributed by atoms with Crippen LogP contribution in [0.3, 0.4) is 0 Å². The molecule has 2 fully saturated rings. The maximum atomic E-state index is 13.0. The van der Waals surface area contributed by atoms with Crippen molar-refractivity contribution < 1.29 is 38.4 Å². The van der Waals surface area contributed by atoms with Gasteiger partial charge in [-0.25, -0.2) is 14.4 Å². The Bertz CT molecular complexity index is 1160. The molecule has 1 saturated heterocycles. The van der Waals surface area contributed by atoms with Crippen LogP contribution >= 0.6 is 0 Å². The van der Waals surface area contributed by atoms with Gasteiger partial charge in [0.1, 0.15) is 12.2 Å². The number of esters is 3. The van der Waals surface area contributed by atoms with Gasteiger partial charge in [-0.3, -0.25) is 0 Å². The van der Waals surface area contributed by atoms with Crippen molar-refractivity contribution in [3.05, 3.63) is 46.6 Å². The molecule has 1 spiro atoms. The van der Waals surface area contributed by atoms with Crippen LogP contribution in [-0.4, -0.2) is 47.3 Å². The summed E-state index contributed by atoms with van der Waals surface area (Å²) in [5, 5.41) is 11.1. The number of carbonyl (C=O) groups excluding carboxylic acids is 3. The van der Waals surface area contributed by atoms with Crippen LogP contribution in [0.1, 0.15) is 74.7 Å². The van der Waals surface area contributed by atoms with Crippen LogP contribution < -0.4 is 0 Å². The highest BCUT2D eigenvalue weighted by Crippen LogP contribution is 2.64. The molecule has 38 heavy (non-hydrogen) atoms. The lowest BCUT2D eigenvalue weighted by Crippen LogP contribution is -2.64. The van der Waals surface area contributed by atoms with Gasteiger partial charge in [-0.2, -0.15) is 0 Å². The predicted octanol–water partition coefficient (Wildman–Crippen LogP) is 4.68. The Morgan fingerprint density at radius 3 is 2.21 bits per heavy atom. The maximum absolute atomic E-state index is 13.0. The maximum Gasteiger partial charge on any atom is 0.333 e. The summed E-state index contributed by atoms with van der Waals surface area (Å²) in [7, 11) is 0. The van der Waals surface area contributed by atoms with E-state index in [-0.39, 0.29) is 11.8 Å². The van der Waals surface area contributed by atoms with E-state index in [1.54, 1.807) is 46.8 Å². The Morgan fingerprint density at radius 1 is 1.05 bits per heavy atom. The topological polar surface area (TPSA) is 108 Å². The average molecular weight is 529 g/mol. The van der Waals surface area contributed by atoms with Crippen molar-refractivity contribution in [3.63, 3.8) is 0 Å². The van der Waals surface area contributed by atoms with Gasteiger partial charge in [-0.1, -0.05) is 39.0 Å². The molecule has 1 saturated carbocycles. The molecule has 0 radical (unpaired) electrons. The van der Waals surface area contributed by atoms with Crippen LogP contribution in [0.5, 0.6) is 0 Å². The lowest BCUT2D eigenvalue weighted by Gasteiger charge is -2.62. The highest BCUT2D eigenvalue weighted by molar-refractivity contribution is 5.89.